The fourth-order valence-electron chi connectivity index (χ4n) is 1.64. The molecule has 19 heavy (non-hydrogen) atoms. The van der Waals surface area contributed by atoms with Crippen LogP contribution < -0.4 is 5.73 Å². The maximum Gasteiger partial charge on any atom is 0.245 e. The van der Waals surface area contributed by atoms with E-state index in [-0.39, 0.29) is 12.2 Å². The van der Waals surface area contributed by atoms with Gasteiger partial charge in [0.15, 0.2) is 11.6 Å². The summed E-state index contributed by atoms with van der Waals surface area (Å²) in [5.74, 6) is -2.66. The first-order chi connectivity index (χ1) is 8.80. The van der Waals surface area contributed by atoms with Crippen LogP contribution in [0.15, 0.2) is 17.0 Å². The summed E-state index contributed by atoms with van der Waals surface area (Å²) in [7, 11) is -2.72. The molecule has 0 spiro atoms. The Hall–Kier alpha value is -1.21. The van der Waals surface area contributed by atoms with E-state index in [1.807, 2.05) is 6.92 Å². The quantitative estimate of drug-likeness (QED) is 0.646. The molecule has 1 aromatic rings. The van der Waals surface area contributed by atoms with Gasteiger partial charge in [0.2, 0.25) is 10.0 Å². The Morgan fingerprint density at radius 1 is 1.26 bits per heavy atom. The normalized spacial score (nSPS) is 12.1. The summed E-state index contributed by atoms with van der Waals surface area (Å²) in [6, 6.07) is 1.69. The third-order valence-corrected chi connectivity index (χ3v) is 4.64. The van der Waals surface area contributed by atoms with Gasteiger partial charge in [-0.2, -0.15) is 0 Å². The lowest BCUT2D eigenvalue weighted by Gasteiger charge is -2.17. The van der Waals surface area contributed by atoms with Gasteiger partial charge in [0.05, 0.1) is 0 Å². The van der Waals surface area contributed by atoms with E-state index in [1.54, 1.807) is 0 Å². The summed E-state index contributed by atoms with van der Waals surface area (Å²) < 4.78 is 52.0. The molecule has 0 fully saturated rings. The lowest BCUT2D eigenvalue weighted by molar-refractivity contribution is 0.440. The van der Waals surface area contributed by atoms with Gasteiger partial charge in [-0.25, -0.2) is 21.5 Å². The minimum atomic E-state index is -4.06. The molecule has 0 aliphatic rings. The number of halogens is 2. The Morgan fingerprint density at radius 3 is 2.47 bits per heavy atom. The smallest absolute Gasteiger partial charge is 0.245 e. The van der Waals surface area contributed by atoms with Gasteiger partial charge in [-0.15, -0.1) is 0 Å². The Balaban J connectivity index is 3.06. The highest BCUT2D eigenvalue weighted by Gasteiger charge is 2.26. The summed E-state index contributed by atoms with van der Waals surface area (Å²) in [6.07, 6.45) is 2.47. The summed E-state index contributed by atoms with van der Waals surface area (Å²) >= 11 is 0. The van der Waals surface area contributed by atoms with Crippen LogP contribution in [0.3, 0.4) is 0 Å². The van der Waals surface area contributed by atoms with Crippen LogP contribution in [-0.2, 0) is 10.0 Å². The summed E-state index contributed by atoms with van der Waals surface area (Å²) in [5, 5.41) is 0. The van der Waals surface area contributed by atoms with Crippen LogP contribution in [0.25, 0.3) is 0 Å². The van der Waals surface area contributed by atoms with Crippen molar-refractivity contribution in [2.45, 2.75) is 31.1 Å². The number of sulfonamides is 1. The molecule has 0 radical (unpaired) electrons. The monoisotopic (exact) mass is 292 g/mol. The second-order valence-electron chi connectivity index (χ2n) is 4.35. The lowest BCUT2D eigenvalue weighted by atomic mass is 10.2. The molecule has 0 unspecified atom stereocenters. The molecular formula is C12H18F2N2O2S. The van der Waals surface area contributed by atoms with Crippen molar-refractivity contribution in [1.29, 1.82) is 0 Å². The molecule has 0 saturated carbocycles. The number of nitrogens with zero attached hydrogens (tertiary/aromatic N) is 1. The second kappa shape index (κ2) is 6.29. The zero-order chi connectivity index (χ0) is 14.6. The topological polar surface area (TPSA) is 63.4 Å². The lowest BCUT2D eigenvalue weighted by Crippen LogP contribution is -2.29. The first-order valence-corrected chi connectivity index (χ1v) is 7.45. The standard InChI is InChI=1S/C12H18F2N2O2S/c1-3-4-5-6-16(2)19(17,18)11-8-9(15)7-10(13)12(11)14/h7-8H,3-6,15H2,1-2H3. The largest absolute Gasteiger partial charge is 0.399 e. The molecule has 7 heteroatoms. The van der Waals surface area contributed by atoms with Gasteiger partial charge in [0.25, 0.3) is 0 Å². The second-order valence-corrected chi connectivity index (χ2v) is 6.36. The molecule has 108 valence electrons. The number of anilines is 1. The maximum atomic E-state index is 13.6. The van der Waals surface area contributed by atoms with Gasteiger partial charge in [0.1, 0.15) is 4.90 Å². The van der Waals surface area contributed by atoms with Crippen molar-refractivity contribution < 1.29 is 17.2 Å². The zero-order valence-corrected chi connectivity index (χ0v) is 11.8. The molecule has 0 bridgehead atoms. The molecule has 0 atom stereocenters. The molecule has 1 aromatic carbocycles. The minimum Gasteiger partial charge on any atom is -0.399 e. The molecule has 4 nitrogen and oxygen atoms in total. The molecule has 2 N–H and O–H groups in total. The van der Waals surface area contributed by atoms with Crippen LogP contribution >= 0.6 is 0 Å². The predicted octanol–water partition coefficient (Wildman–Crippen LogP) is 2.36. The Morgan fingerprint density at radius 2 is 1.89 bits per heavy atom. The number of rotatable bonds is 6. The predicted molar refractivity (Wildman–Crippen MR) is 70.1 cm³/mol. The number of nitrogens with two attached hydrogens (primary N) is 1. The van der Waals surface area contributed by atoms with Gasteiger partial charge in [-0.05, 0) is 18.6 Å². The van der Waals surface area contributed by atoms with E-state index in [0.717, 1.165) is 29.3 Å². The molecule has 0 saturated heterocycles. The number of nitrogen functional groups attached to an aromatic ring is 1. The van der Waals surface area contributed by atoms with Gasteiger partial charge in [-0.3, -0.25) is 0 Å². The van der Waals surface area contributed by atoms with Crippen molar-refractivity contribution in [2.24, 2.45) is 0 Å². The number of benzene rings is 1. The molecule has 0 aliphatic carbocycles. The van der Waals surface area contributed by atoms with E-state index < -0.39 is 26.6 Å². The van der Waals surface area contributed by atoms with Crippen molar-refractivity contribution in [3.05, 3.63) is 23.8 Å². The molecule has 0 aliphatic heterocycles. The Bertz CT molecular complexity index is 547. The summed E-state index contributed by atoms with van der Waals surface area (Å²) in [6.45, 7) is 2.24. The average Bonchev–Trinajstić information content (AvgIpc) is 2.33. The van der Waals surface area contributed by atoms with Gasteiger partial charge >= 0.3 is 0 Å². The highest BCUT2D eigenvalue weighted by Crippen LogP contribution is 2.23. The van der Waals surface area contributed by atoms with E-state index in [9.17, 15) is 17.2 Å². The first kappa shape index (κ1) is 15.8. The van der Waals surface area contributed by atoms with Crippen molar-refractivity contribution in [3.63, 3.8) is 0 Å². The Kier molecular flexibility index (Phi) is 5.25. The van der Waals surface area contributed by atoms with Crippen molar-refractivity contribution in [2.75, 3.05) is 19.3 Å². The van der Waals surface area contributed by atoms with Crippen LogP contribution in [0.1, 0.15) is 26.2 Å². The van der Waals surface area contributed by atoms with Crippen molar-refractivity contribution >= 4 is 15.7 Å². The third-order valence-electron chi connectivity index (χ3n) is 2.78. The molecule has 0 heterocycles. The van der Waals surface area contributed by atoms with Crippen LogP contribution in [0.5, 0.6) is 0 Å². The van der Waals surface area contributed by atoms with Crippen molar-refractivity contribution in [3.8, 4) is 0 Å². The SMILES string of the molecule is CCCCCN(C)S(=O)(=O)c1cc(N)cc(F)c1F. The van der Waals surface area contributed by atoms with Gasteiger partial charge in [-0.1, -0.05) is 19.8 Å². The van der Waals surface area contributed by atoms with Crippen LogP contribution in [0.4, 0.5) is 14.5 Å². The maximum absolute atomic E-state index is 13.6. The molecule has 1 rings (SSSR count). The third kappa shape index (κ3) is 3.63. The minimum absolute atomic E-state index is 0.126. The number of unbranched alkanes of at least 4 members (excludes halogenated alkanes) is 2. The van der Waals surface area contributed by atoms with Gasteiger partial charge < -0.3 is 5.73 Å². The average molecular weight is 292 g/mol. The highest BCUT2D eigenvalue weighted by atomic mass is 32.2. The van der Waals surface area contributed by atoms with Crippen LogP contribution in [-0.4, -0.2) is 26.3 Å². The van der Waals surface area contributed by atoms with Crippen molar-refractivity contribution in [1.82, 2.24) is 4.31 Å². The van der Waals surface area contributed by atoms with E-state index in [2.05, 4.69) is 0 Å². The van der Waals surface area contributed by atoms with Gasteiger partial charge in [0, 0.05) is 19.3 Å². The summed E-state index contributed by atoms with van der Waals surface area (Å²) in [4.78, 5) is -0.719. The van der Waals surface area contributed by atoms with Crippen LogP contribution in [0.2, 0.25) is 0 Å². The number of hydrogen-bond donors (Lipinski definition) is 1. The zero-order valence-electron chi connectivity index (χ0n) is 11.0. The highest BCUT2D eigenvalue weighted by molar-refractivity contribution is 7.89. The fraction of sp³-hybridized carbons (Fsp3) is 0.500. The fourth-order valence-corrected chi connectivity index (χ4v) is 2.96. The van der Waals surface area contributed by atoms with Crippen LogP contribution in [0, 0.1) is 11.6 Å². The number of hydrogen-bond acceptors (Lipinski definition) is 3. The molecule has 0 aromatic heterocycles. The van der Waals surface area contributed by atoms with E-state index >= 15 is 0 Å². The summed E-state index contributed by atoms with van der Waals surface area (Å²) in [5.41, 5.74) is 5.23. The molecule has 0 amide bonds. The van der Waals surface area contributed by atoms with E-state index in [1.165, 1.54) is 7.05 Å². The first-order valence-electron chi connectivity index (χ1n) is 6.01. The molecular weight excluding hydrogens is 274 g/mol. The van der Waals surface area contributed by atoms with E-state index in [0.29, 0.717) is 6.42 Å². The van der Waals surface area contributed by atoms with E-state index in [4.69, 9.17) is 5.73 Å². The Labute approximate surface area is 112 Å².